The van der Waals surface area contributed by atoms with Gasteiger partial charge >= 0.3 is 6.03 Å². The van der Waals surface area contributed by atoms with E-state index in [1.807, 2.05) is 13.0 Å². The van der Waals surface area contributed by atoms with E-state index in [0.29, 0.717) is 15.7 Å². The molecule has 3 N–H and O–H groups in total. The van der Waals surface area contributed by atoms with Crippen molar-refractivity contribution >= 4 is 40.6 Å². The van der Waals surface area contributed by atoms with Crippen LogP contribution in [0.25, 0.3) is 0 Å². The molecule has 1 saturated carbocycles. The highest BCUT2D eigenvalue weighted by Crippen LogP contribution is 2.22. The lowest BCUT2D eigenvalue weighted by Crippen LogP contribution is -2.54. The Morgan fingerprint density at radius 3 is 2.63 bits per heavy atom. The zero-order valence-electron chi connectivity index (χ0n) is 19.1. The monoisotopic (exact) mass is 516 g/mol. The van der Waals surface area contributed by atoms with Crippen LogP contribution in [0.3, 0.4) is 0 Å². The Balaban J connectivity index is 1.32. The Labute approximate surface area is 212 Å². The quantitative estimate of drug-likeness (QED) is 0.376. The summed E-state index contributed by atoms with van der Waals surface area (Å²) in [6.45, 7) is 1.96. The Bertz CT molecular complexity index is 1200. The van der Waals surface area contributed by atoms with E-state index in [2.05, 4.69) is 20.9 Å². The van der Waals surface area contributed by atoms with Crippen molar-refractivity contribution in [2.45, 2.75) is 51.3 Å². The smallest absolute Gasteiger partial charge is 0.319 e. The Morgan fingerprint density at radius 2 is 1.89 bits per heavy atom. The third-order valence-corrected chi connectivity index (χ3v) is 7.03. The van der Waals surface area contributed by atoms with E-state index in [-0.39, 0.29) is 42.1 Å². The number of ether oxygens (including phenoxy) is 1. The summed E-state index contributed by atoms with van der Waals surface area (Å²) < 4.78 is 19.2. The second kappa shape index (κ2) is 11.5. The summed E-state index contributed by atoms with van der Waals surface area (Å²) >= 11 is 7.41. The van der Waals surface area contributed by atoms with Crippen LogP contribution in [-0.2, 0) is 6.61 Å². The van der Waals surface area contributed by atoms with E-state index in [1.165, 1.54) is 23.5 Å². The fourth-order valence-electron chi connectivity index (χ4n) is 3.91. The number of carbonyl (C=O) groups is 2. The Hall–Kier alpha value is -3.17. The average molecular weight is 517 g/mol. The molecule has 184 valence electrons. The molecule has 0 unspecified atom stereocenters. The van der Waals surface area contributed by atoms with Crippen molar-refractivity contribution in [2.24, 2.45) is 0 Å². The fraction of sp³-hybridized carbons (Fsp3) is 0.320. The summed E-state index contributed by atoms with van der Waals surface area (Å²) in [5.41, 5.74) is 1.80. The second-order valence-corrected chi connectivity index (χ2v) is 9.73. The van der Waals surface area contributed by atoms with Crippen LogP contribution in [-0.4, -0.2) is 29.0 Å². The molecule has 35 heavy (non-hydrogen) atoms. The van der Waals surface area contributed by atoms with Gasteiger partial charge in [-0.3, -0.25) is 4.79 Å². The molecule has 0 spiro atoms. The zero-order chi connectivity index (χ0) is 24.8. The highest BCUT2D eigenvalue weighted by atomic mass is 35.5. The molecule has 2 atom stereocenters. The van der Waals surface area contributed by atoms with Crippen molar-refractivity contribution in [3.05, 3.63) is 74.9 Å². The molecule has 0 bridgehead atoms. The van der Waals surface area contributed by atoms with Gasteiger partial charge in [-0.15, -0.1) is 11.3 Å². The highest BCUT2D eigenvalue weighted by molar-refractivity contribution is 7.09. The minimum Gasteiger partial charge on any atom is -0.483 e. The molecular weight excluding hydrogens is 491 g/mol. The van der Waals surface area contributed by atoms with Gasteiger partial charge in [0.15, 0.2) is 11.6 Å². The standard InChI is InChI=1S/C25H26ClFN4O3S/c1-15-10-11-16(12-17(15)26)28-25(33)31-20-8-4-3-7-19(20)30-24(32)21-14-35-23(29-21)13-34-22-9-5-2-6-18(22)27/h2,5-6,9-12,14,19-20H,3-4,7-8,13H2,1H3,(H,30,32)(H2,28,31,33)/t19-,20-/m0/s1. The predicted molar refractivity (Wildman–Crippen MR) is 135 cm³/mol. The van der Waals surface area contributed by atoms with Gasteiger partial charge in [0, 0.05) is 22.1 Å². The lowest BCUT2D eigenvalue weighted by molar-refractivity contribution is 0.0911. The molecule has 1 fully saturated rings. The van der Waals surface area contributed by atoms with Crippen LogP contribution in [0, 0.1) is 12.7 Å². The van der Waals surface area contributed by atoms with Crippen molar-refractivity contribution in [1.29, 1.82) is 0 Å². The number of urea groups is 1. The van der Waals surface area contributed by atoms with E-state index in [0.717, 1.165) is 31.2 Å². The molecule has 2 aromatic carbocycles. The Morgan fingerprint density at radius 1 is 1.14 bits per heavy atom. The molecule has 1 aliphatic rings. The van der Waals surface area contributed by atoms with Crippen LogP contribution < -0.4 is 20.7 Å². The fourth-order valence-corrected chi connectivity index (χ4v) is 4.77. The molecule has 0 radical (unpaired) electrons. The topological polar surface area (TPSA) is 92.4 Å². The van der Waals surface area contributed by atoms with Gasteiger partial charge in [0.25, 0.3) is 5.91 Å². The largest absolute Gasteiger partial charge is 0.483 e. The normalized spacial score (nSPS) is 17.5. The number of hydrogen-bond acceptors (Lipinski definition) is 5. The van der Waals surface area contributed by atoms with Crippen LogP contribution in [0.2, 0.25) is 5.02 Å². The number of thiazole rings is 1. The Kier molecular flexibility index (Phi) is 8.20. The number of nitrogens with zero attached hydrogens (tertiary/aromatic N) is 1. The first-order valence-electron chi connectivity index (χ1n) is 11.4. The molecule has 1 aliphatic carbocycles. The third kappa shape index (κ3) is 6.70. The first-order chi connectivity index (χ1) is 16.9. The highest BCUT2D eigenvalue weighted by Gasteiger charge is 2.29. The molecule has 1 heterocycles. The molecule has 0 aliphatic heterocycles. The van der Waals surface area contributed by atoms with Gasteiger partial charge in [-0.1, -0.05) is 42.6 Å². The number of para-hydroxylation sites is 1. The maximum atomic E-state index is 13.7. The van der Waals surface area contributed by atoms with Crippen molar-refractivity contribution in [2.75, 3.05) is 5.32 Å². The molecular formula is C25H26ClFN4O3S. The van der Waals surface area contributed by atoms with E-state index in [1.54, 1.807) is 29.6 Å². The molecule has 10 heteroatoms. The maximum absolute atomic E-state index is 13.7. The number of benzene rings is 2. The summed E-state index contributed by atoms with van der Waals surface area (Å²) in [6, 6.07) is 10.7. The summed E-state index contributed by atoms with van der Waals surface area (Å²) in [7, 11) is 0. The molecule has 0 saturated heterocycles. The number of amides is 3. The number of anilines is 1. The third-order valence-electron chi connectivity index (χ3n) is 5.80. The minimum atomic E-state index is -0.452. The van der Waals surface area contributed by atoms with Crippen LogP contribution in [0.4, 0.5) is 14.9 Å². The molecule has 4 rings (SSSR count). The van der Waals surface area contributed by atoms with Gasteiger partial charge in [-0.25, -0.2) is 14.2 Å². The average Bonchev–Trinajstić information content (AvgIpc) is 3.31. The number of aromatic nitrogens is 1. The van der Waals surface area contributed by atoms with Crippen LogP contribution >= 0.6 is 22.9 Å². The number of aryl methyl sites for hydroxylation is 1. The molecule has 1 aromatic heterocycles. The van der Waals surface area contributed by atoms with Gasteiger partial charge in [0.2, 0.25) is 0 Å². The van der Waals surface area contributed by atoms with E-state index < -0.39 is 5.82 Å². The van der Waals surface area contributed by atoms with Crippen molar-refractivity contribution in [3.8, 4) is 5.75 Å². The second-order valence-electron chi connectivity index (χ2n) is 8.38. The molecule has 3 aromatic rings. The van der Waals surface area contributed by atoms with Gasteiger partial charge in [0.05, 0.1) is 6.04 Å². The SMILES string of the molecule is Cc1ccc(NC(=O)N[C@H]2CCCC[C@@H]2NC(=O)c2csc(COc3ccccc3F)n2)cc1Cl. The van der Waals surface area contributed by atoms with Crippen molar-refractivity contribution < 1.29 is 18.7 Å². The first-order valence-corrected chi connectivity index (χ1v) is 12.6. The van der Waals surface area contributed by atoms with Gasteiger partial charge in [-0.2, -0.15) is 0 Å². The number of nitrogens with one attached hydrogen (secondary N) is 3. The summed E-state index contributed by atoms with van der Waals surface area (Å²) in [5.74, 6) is -0.633. The van der Waals surface area contributed by atoms with Gasteiger partial charge in [-0.05, 0) is 49.6 Å². The van der Waals surface area contributed by atoms with Gasteiger partial charge in [0.1, 0.15) is 17.3 Å². The summed E-state index contributed by atoms with van der Waals surface area (Å²) in [5, 5.41) is 11.6. The van der Waals surface area contributed by atoms with Crippen LogP contribution in [0.1, 0.15) is 46.7 Å². The zero-order valence-corrected chi connectivity index (χ0v) is 20.7. The van der Waals surface area contributed by atoms with Crippen LogP contribution in [0.5, 0.6) is 5.75 Å². The maximum Gasteiger partial charge on any atom is 0.319 e. The van der Waals surface area contributed by atoms with E-state index in [4.69, 9.17) is 16.3 Å². The van der Waals surface area contributed by atoms with Crippen LogP contribution in [0.15, 0.2) is 47.8 Å². The summed E-state index contributed by atoms with van der Waals surface area (Å²) in [6.07, 6.45) is 3.42. The lowest BCUT2D eigenvalue weighted by atomic mass is 9.90. The van der Waals surface area contributed by atoms with E-state index >= 15 is 0 Å². The predicted octanol–water partition coefficient (Wildman–Crippen LogP) is 5.69. The van der Waals surface area contributed by atoms with E-state index in [9.17, 15) is 14.0 Å². The molecule has 3 amide bonds. The number of halogens is 2. The molecule has 7 nitrogen and oxygen atoms in total. The number of rotatable bonds is 7. The van der Waals surface area contributed by atoms with Crippen molar-refractivity contribution in [3.63, 3.8) is 0 Å². The number of carbonyl (C=O) groups excluding carboxylic acids is 2. The first kappa shape index (κ1) is 24.9. The van der Waals surface area contributed by atoms with Gasteiger partial charge < -0.3 is 20.7 Å². The van der Waals surface area contributed by atoms with Crippen molar-refractivity contribution in [1.82, 2.24) is 15.6 Å². The number of hydrogen-bond donors (Lipinski definition) is 3. The minimum absolute atomic E-state index is 0.0652. The lowest BCUT2D eigenvalue weighted by Gasteiger charge is -2.32. The summed E-state index contributed by atoms with van der Waals surface area (Å²) in [4.78, 5) is 29.7.